The molecule has 25 heavy (non-hydrogen) atoms. The number of aromatic nitrogens is 1. The van der Waals surface area contributed by atoms with Gasteiger partial charge in [-0.2, -0.15) is 0 Å². The smallest absolute Gasteiger partial charge is 0.257 e. The van der Waals surface area contributed by atoms with Crippen molar-refractivity contribution in [2.45, 2.75) is 51.6 Å². The molecular weight excluding hydrogens is 342 g/mol. The second-order valence-corrected chi connectivity index (χ2v) is 7.58. The molecule has 2 atom stereocenters. The molecule has 4 rings (SSSR count). The molecule has 3 fully saturated rings. The van der Waals surface area contributed by atoms with Crippen LogP contribution >= 0.6 is 12.4 Å². The SMILES string of the molecule is Cc1noc(C)c1C(=O)N[C@H]1CN(C2CCOCC2)C[C@@H]1C1CC1.Cl. The van der Waals surface area contributed by atoms with Crippen LogP contribution in [0.25, 0.3) is 0 Å². The Morgan fingerprint density at radius 1 is 1.16 bits per heavy atom. The summed E-state index contributed by atoms with van der Waals surface area (Å²) in [6.07, 6.45) is 4.85. The van der Waals surface area contributed by atoms with Crippen molar-refractivity contribution in [3.63, 3.8) is 0 Å². The maximum absolute atomic E-state index is 12.7. The van der Waals surface area contributed by atoms with Crippen molar-refractivity contribution in [2.24, 2.45) is 11.8 Å². The molecule has 140 valence electrons. The van der Waals surface area contributed by atoms with Crippen LogP contribution in [0.15, 0.2) is 4.52 Å². The van der Waals surface area contributed by atoms with Crippen LogP contribution in [0.2, 0.25) is 0 Å². The van der Waals surface area contributed by atoms with Crippen molar-refractivity contribution in [3.05, 3.63) is 17.0 Å². The summed E-state index contributed by atoms with van der Waals surface area (Å²) in [5.74, 6) is 1.94. The van der Waals surface area contributed by atoms with E-state index in [4.69, 9.17) is 9.26 Å². The van der Waals surface area contributed by atoms with Crippen molar-refractivity contribution in [2.75, 3.05) is 26.3 Å². The molecule has 3 heterocycles. The van der Waals surface area contributed by atoms with E-state index in [1.807, 2.05) is 6.92 Å². The highest BCUT2D eigenvalue weighted by molar-refractivity contribution is 5.96. The van der Waals surface area contributed by atoms with Crippen LogP contribution in [0.1, 0.15) is 47.5 Å². The highest BCUT2D eigenvalue weighted by Gasteiger charge is 2.45. The number of likely N-dealkylation sites (tertiary alicyclic amines) is 1. The molecule has 1 aromatic heterocycles. The summed E-state index contributed by atoms with van der Waals surface area (Å²) in [6, 6.07) is 0.850. The molecule has 0 unspecified atom stereocenters. The van der Waals surface area contributed by atoms with Crippen molar-refractivity contribution in [3.8, 4) is 0 Å². The molecule has 1 amide bonds. The average Bonchev–Trinajstić information content (AvgIpc) is 3.26. The summed E-state index contributed by atoms with van der Waals surface area (Å²) < 4.78 is 10.6. The van der Waals surface area contributed by atoms with Crippen molar-refractivity contribution in [1.29, 1.82) is 0 Å². The van der Waals surface area contributed by atoms with Crippen LogP contribution in [0.4, 0.5) is 0 Å². The first-order valence-electron chi connectivity index (χ1n) is 9.19. The number of ether oxygens (including phenoxy) is 1. The molecule has 2 saturated heterocycles. The second-order valence-electron chi connectivity index (χ2n) is 7.58. The quantitative estimate of drug-likeness (QED) is 0.882. The molecule has 1 aromatic rings. The molecule has 3 aliphatic rings. The first kappa shape index (κ1) is 18.7. The minimum Gasteiger partial charge on any atom is -0.381 e. The van der Waals surface area contributed by atoms with Crippen LogP contribution < -0.4 is 5.32 Å². The number of carbonyl (C=O) groups is 1. The lowest BCUT2D eigenvalue weighted by atomic mass is 9.97. The molecule has 1 aliphatic carbocycles. The number of nitrogens with one attached hydrogen (secondary N) is 1. The number of amides is 1. The molecule has 0 aromatic carbocycles. The molecular formula is C18H28ClN3O3. The zero-order valence-electron chi connectivity index (χ0n) is 15.0. The van der Waals surface area contributed by atoms with Gasteiger partial charge in [0.15, 0.2) is 0 Å². The first-order valence-corrected chi connectivity index (χ1v) is 9.19. The number of carbonyl (C=O) groups excluding carboxylic acids is 1. The van der Waals surface area contributed by atoms with Gasteiger partial charge in [0.2, 0.25) is 0 Å². The Morgan fingerprint density at radius 3 is 2.48 bits per heavy atom. The van der Waals surface area contributed by atoms with E-state index < -0.39 is 0 Å². The topological polar surface area (TPSA) is 67.6 Å². The fourth-order valence-electron chi connectivity index (χ4n) is 4.41. The number of halogens is 1. The highest BCUT2D eigenvalue weighted by atomic mass is 35.5. The lowest BCUT2D eigenvalue weighted by Gasteiger charge is -2.31. The van der Waals surface area contributed by atoms with Crippen molar-refractivity contribution >= 4 is 18.3 Å². The third kappa shape index (κ3) is 3.86. The van der Waals surface area contributed by atoms with Crippen LogP contribution in [0, 0.1) is 25.7 Å². The summed E-state index contributed by atoms with van der Waals surface area (Å²) in [5.41, 5.74) is 1.28. The molecule has 1 saturated carbocycles. The summed E-state index contributed by atoms with van der Waals surface area (Å²) in [7, 11) is 0. The Morgan fingerprint density at radius 2 is 1.88 bits per heavy atom. The molecule has 7 heteroatoms. The van der Waals surface area contributed by atoms with Gasteiger partial charge in [-0.05, 0) is 51.4 Å². The predicted molar refractivity (Wildman–Crippen MR) is 96.1 cm³/mol. The number of rotatable bonds is 4. The van der Waals surface area contributed by atoms with Gasteiger partial charge in [0, 0.05) is 38.4 Å². The summed E-state index contributed by atoms with van der Waals surface area (Å²) in [5, 5.41) is 7.20. The largest absolute Gasteiger partial charge is 0.381 e. The van der Waals surface area contributed by atoms with E-state index in [2.05, 4.69) is 15.4 Å². The second kappa shape index (κ2) is 7.64. The van der Waals surface area contributed by atoms with E-state index in [-0.39, 0.29) is 24.4 Å². The normalized spacial score (nSPS) is 27.9. The standard InChI is InChI=1S/C18H27N3O3.ClH/c1-11-17(12(2)24-20-11)18(22)19-16-10-21(9-15(16)13-3-4-13)14-5-7-23-8-6-14;/h13-16H,3-10H2,1-2H3,(H,19,22);1H/t15-,16+;/m1./s1. The number of hydrogen-bond donors (Lipinski definition) is 1. The third-order valence-electron chi connectivity index (χ3n) is 5.91. The number of nitrogens with zero attached hydrogens (tertiary/aromatic N) is 2. The van der Waals surface area contributed by atoms with E-state index in [0.29, 0.717) is 29.0 Å². The Hall–Kier alpha value is -1.11. The Balaban J connectivity index is 0.00000182. The van der Waals surface area contributed by atoms with Crippen LogP contribution in [0.3, 0.4) is 0 Å². The van der Waals surface area contributed by atoms with Crippen LogP contribution in [-0.4, -0.2) is 54.4 Å². The van der Waals surface area contributed by atoms with Gasteiger partial charge < -0.3 is 14.6 Å². The van der Waals surface area contributed by atoms with E-state index >= 15 is 0 Å². The fraction of sp³-hybridized carbons (Fsp3) is 0.778. The zero-order valence-corrected chi connectivity index (χ0v) is 15.8. The van der Waals surface area contributed by atoms with Gasteiger partial charge >= 0.3 is 0 Å². The summed E-state index contributed by atoms with van der Waals surface area (Å²) in [6.45, 7) is 7.43. The van der Waals surface area contributed by atoms with E-state index in [1.54, 1.807) is 6.92 Å². The lowest BCUT2D eigenvalue weighted by molar-refractivity contribution is 0.0404. The van der Waals surface area contributed by atoms with Gasteiger partial charge in [-0.1, -0.05) is 5.16 Å². The highest BCUT2D eigenvalue weighted by Crippen LogP contribution is 2.42. The van der Waals surface area contributed by atoms with Gasteiger partial charge in [-0.25, -0.2) is 0 Å². The summed E-state index contributed by atoms with van der Waals surface area (Å²) in [4.78, 5) is 15.3. The van der Waals surface area contributed by atoms with Crippen molar-refractivity contribution < 1.29 is 14.1 Å². The van der Waals surface area contributed by atoms with Gasteiger partial charge in [0.05, 0.1) is 5.69 Å². The molecule has 0 radical (unpaired) electrons. The monoisotopic (exact) mass is 369 g/mol. The molecule has 0 spiro atoms. The summed E-state index contributed by atoms with van der Waals surface area (Å²) >= 11 is 0. The number of hydrogen-bond acceptors (Lipinski definition) is 5. The van der Waals surface area contributed by atoms with E-state index in [0.717, 1.165) is 45.1 Å². The minimum absolute atomic E-state index is 0. The maximum Gasteiger partial charge on any atom is 0.257 e. The van der Waals surface area contributed by atoms with Crippen LogP contribution in [0.5, 0.6) is 0 Å². The van der Waals surface area contributed by atoms with E-state index in [9.17, 15) is 4.79 Å². The zero-order chi connectivity index (χ0) is 16.7. The van der Waals surface area contributed by atoms with E-state index in [1.165, 1.54) is 12.8 Å². The predicted octanol–water partition coefficient (Wildman–Crippen LogP) is 2.33. The van der Waals surface area contributed by atoms with Gasteiger partial charge in [0.1, 0.15) is 11.3 Å². The van der Waals surface area contributed by atoms with Gasteiger partial charge in [0.25, 0.3) is 5.91 Å². The number of aryl methyl sites for hydroxylation is 2. The first-order chi connectivity index (χ1) is 11.6. The van der Waals surface area contributed by atoms with Gasteiger partial charge in [-0.15, -0.1) is 12.4 Å². The van der Waals surface area contributed by atoms with Gasteiger partial charge in [-0.3, -0.25) is 9.69 Å². The Labute approximate surface area is 155 Å². The molecule has 1 N–H and O–H groups in total. The third-order valence-corrected chi connectivity index (χ3v) is 5.91. The molecule has 0 bridgehead atoms. The Kier molecular flexibility index (Phi) is 5.71. The molecule has 6 nitrogen and oxygen atoms in total. The minimum atomic E-state index is -0.0317. The average molecular weight is 370 g/mol. The lowest BCUT2D eigenvalue weighted by Crippen LogP contribution is -2.43. The molecule has 2 aliphatic heterocycles. The fourth-order valence-corrected chi connectivity index (χ4v) is 4.41. The maximum atomic E-state index is 12.7. The Bertz CT molecular complexity index is 591. The van der Waals surface area contributed by atoms with Crippen molar-refractivity contribution in [1.82, 2.24) is 15.4 Å². The van der Waals surface area contributed by atoms with Crippen LogP contribution in [-0.2, 0) is 4.74 Å².